The van der Waals surface area contributed by atoms with Gasteiger partial charge >= 0.3 is 11.9 Å². The summed E-state index contributed by atoms with van der Waals surface area (Å²) >= 11 is 0. The van der Waals surface area contributed by atoms with Crippen LogP contribution in [0.25, 0.3) is 0 Å². The first-order valence-electron chi connectivity index (χ1n) is 3.74. The van der Waals surface area contributed by atoms with Crippen molar-refractivity contribution >= 4 is 11.9 Å². The van der Waals surface area contributed by atoms with Crippen LogP contribution in [-0.2, 0) is 9.59 Å². The maximum atomic E-state index is 10.9. The molecule has 0 amide bonds. The summed E-state index contributed by atoms with van der Waals surface area (Å²) in [7, 11) is 0. The van der Waals surface area contributed by atoms with Gasteiger partial charge in [-0.15, -0.1) is 0 Å². The zero-order chi connectivity index (χ0) is 9.68. The van der Waals surface area contributed by atoms with Gasteiger partial charge in [0.2, 0.25) is 0 Å². The van der Waals surface area contributed by atoms with Gasteiger partial charge in [0.25, 0.3) is 0 Å². The molecule has 0 aliphatic carbocycles. The minimum Gasteiger partial charge on any atom is -0.481 e. The molecule has 0 spiro atoms. The molecule has 1 N–H and O–H groups in total. The van der Waals surface area contributed by atoms with Crippen molar-refractivity contribution in [2.24, 2.45) is 0 Å². The first kappa shape index (κ1) is 9.31. The predicted octanol–water partition coefficient (Wildman–Crippen LogP) is 0.308. The van der Waals surface area contributed by atoms with Crippen LogP contribution in [0.4, 0.5) is 0 Å². The van der Waals surface area contributed by atoms with E-state index in [2.05, 4.69) is 0 Å². The number of carbonyl (C=O) groups is 2. The van der Waals surface area contributed by atoms with Crippen molar-refractivity contribution in [1.29, 1.82) is 0 Å². The maximum absolute atomic E-state index is 10.9. The van der Waals surface area contributed by atoms with E-state index < -0.39 is 11.9 Å². The normalized spacial score (nSPS) is 9.54. The van der Waals surface area contributed by atoms with Crippen LogP contribution in [-0.4, -0.2) is 21.8 Å². The SMILES string of the molecule is O=C(O)CCC(=O)On1cccc1. The number of hydrogen-bond acceptors (Lipinski definition) is 3. The second-order valence-corrected chi connectivity index (χ2v) is 2.40. The van der Waals surface area contributed by atoms with Crippen molar-refractivity contribution in [1.82, 2.24) is 4.73 Å². The van der Waals surface area contributed by atoms with Crippen LogP contribution in [0, 0.1) is 0 Å². The molecule has 5 heteroatoms. The summed E-state index contributed by atoms with van der Waals surface area (Å²) in [5.41, 5.74) is 0. The van der Waals surface area contributed by atoms with E-state index in [-0.39, 0.29) is 12.8 Å². The van der Waals surface area contributed by atoms with Gasteiger partial charge in [-0.3, -0.25) is 4.79 Å². The Bertz CT molecular complexity index is 291. The zero-order valence-electron chi connectivity index (χ0n) is 6.84. The van der Waals surface area contributed by atoms with Crippen molar-refractivity contribution in [2.45, 2.75) is 12.8 Å². The topological polar surface area (TPSA) is 68.5 Å². The fourth-order valence-electron chi connectivity index (χ4n) is 0.752. The quantitative estimate of drug-likeness (QED) is 0.729. The summed E-state index contributed by atoms with van der Waals surface area (Å²) < 4.78 is 1.23. The maximum Gasteiger partial charge on any atom is 0.333 e. The van der Waals surface area contributed by atoms with Gasteiger partial charge in [0.15, 0.2) is 0 Å². The van der Waals surface area contributed by atoms with Gasteiger partial charge in [-0.25, -0.2) is 4.79 Å². The predicted molar refractivity (Wildman–Crippen MR) is 42.9 cm³/mol. The summed E-state index contributed by atoms with van der Waals surface area (Å²) in [6.07, 6.45) is 2.78. The Morgan fingerprint density at radius 2 is 1.85 bits per heavy atom. The summed E-state index contributed by atoms with van der Waals surface area (Å²) in [5, 5.41) is 8.27. The standard InChI is InChI=1S/C8H9NO4/c10-7(11)3-4-8(12)13-9-5-1-2-6-9/h1-2,5-6H,3-4H2,(H,10,11). The van der Waals surface area contributed by atoms with Crippen molar-refractivity contribution in [3.05, 3.63) is 24.5 Å². The minimum absolute atomic E-state index is 0.118. The molecule has 0 aliphatic heterocycles. The van der Waals surface area contributed by atoms with E-state index in [9.17, 15) is 9.59 Å². The lowest BCUT2D eigenvalue weighted by Crippen LogP contribution is -2.18. The van der Waals surface area contributed by atoms with Crippen LogP contribution in [0.1, 0.15) is 12.8 Å². The molecule has 0 unspecified atom stereocenters. The lowest BCUT2D eigenvalue weighted by Gasteiger charge is -2.01. The van der Waals surface area contributed by atoms with Gasteiger partial charge in [-0.05, 0) is 12.1 Å². The number of carboxylic acid groups (broad SMARTS) is 1. The second kappa shape index (κ2) is 4.30. The molecule has 0 aromatic carbocycles. The smallest absolute Gasteiger partial charge is 0.333 e. The van der Waals surface area contributed by atoms with E-state index in [1.54, 1.807) is 24.5 Å². The zero-order valence-corrected chi connectivity index (χ0v) is 6.84. The summed E-state index contributed by atoms with van der Waals surface area (Å²) in [5.74, 6) is -1.57. The number of aliphatic carboxylic acids is 1. The Morgan fingerprint density at radius 1 is 1.23 bits per heavy atom. The summed E-state index contributed by atoms with van der Waals surface area (Å²) in [6, 6.07) is 3.40. The lowest BCUT2D eigenvalue weighted by molar-refractivity contribution is -0.148. The monoisotopic (exact) mass is 183 g/mol. The summed E-state index contributed by atoms with van der Waals surface area (Å²) in [4.78, 5) is 25.7. The number of carboxylic acids is 1. The lowest BCUT2D eigenvalue weighted by atomic mass is 10.3. The number of hydrogen-bond donors (Lipinski definition) is 1. The third kappa shape index (κ3) is 3.42. The largest absolute Gasteiger partial charge is 0.481 e. The van der Waals surface area contributed by atoms with Gasteiger partial charge in [0, 0.05) is 12.4 Å². The highest BCUT2D eigenvalue weighted by Gasteiger charge is 2.06. The van der Waals surface area contributed by atoms with Crippen LogP contribution in [0.5, 0.6) is 0 Å². The van der Waals surface area contributed by atoms with E-state index >= 15 is 0 Å². The Morgan fingerprint density at radius 3 is 2.38 bits per heavy atom. The van der Waals surface area contributed by atoms with Gasteiger partial charge < -0.3 is 9.94 Å². The fourth-order valence-corrected chi connectivity index (χ4v) is 0.752. The van der Waals surface area contributed by atoms with E-state index in [1.807, 2.05) is 0 Å². The van der Waals surface area contributed by atoms with Gasteiger partial charge in [0.05, 0.1) is 12.8 Å². The molecule has 1 aromatic heterocycles. The molecule has 0 bridgehead atoms. The number of rotatable bonds is 4. The molecule has 1 aromatic rings. The Labute approximate surface area is 74.5 Å². The molecular formula is C8H9NO4. The van der Waals surface area contributed by atoms with Crippen LogP contribution >= 0.6 is 0 Å². The van der Waals surface area contributed by atoms with Crippen molar-refractivity contribution in [3.63, 3.8) is 0 Å². The molecule has 1 heterocycles. The van der Waals surface area contributed by atoms with Crippen LogP contribution < -0.4 is 4.84 Å². The molecule has 0 saturated heterocycles. The molecule has 70 valence electrons. The number of nitrogens with zero attached hydrogens (tertiary/aromatic N) is 1. The van der Waals surface area contributed by atoms with Gasteiger partial charge in [0.1, 0.15) is 0 Å². The van der Waals surface area contributed by atoms with Crippen molar-refractivity contribution < 1.29 is 19.5 Å². The Hall–Kier alpha value is -1.78. The third-order valence-electron chi connectivity index (χ3n) is 1.33. The minimum atomic E-state index is -1.01. The molecule has 0 atom stereocenters. The van der Waals surface area contributed by atoms with Crippen LogP contribution in [0.15, 0.2) is 24.5 Å². The third-order valence-corrected chi connectivity index (χ3v) is 1.33. The van der Waals surface area contributed by atoms with E-state index in [0.717, 1.165) is 0 Å². The average Bonchev–Trinajstić information content (AvgIpc) is 2.53. The molecule has 13 heavy (non-hydrogen) atoms. The van der Waals surface area contributed by atoms with E-state index in [1.165, 1.54) is 4.73 Å². The van der Waals surface area contributed by atoms with Crippen LogP contribution in [0.2, 0.25) is 0 Å². The summed E-state index contributed by atoms with van der Waals surface area (Å²) in [6.45, 7) is 0. The average molecular weight is 183 g/mol. The molecule has 0 radical (unpaired) electrons. The Kier molecular flexibility index (Phi) is 3.08. The molecular weight excluding hydrogens is 174 g/mol. The van der Waals surface area contributed by atoms with E-state index in [0.29, 0.717) is 0 Å². The first-order chi connectivity index (χ1) is 6.18. The molecule has 0 aliphatic rings. The Balaban J connectivity index is 2.30. The first-order valence-corrected chi connectivity index (χ1v) is 3.74. The second-order valence-electron chi connectivity index (χ2n) is 2.40. The van der Waals surface area contributed by atoms with Gasteiger partial charge in [-0.2, -0.15) is 4.73 Å². The highest BCUT2D eigenvalue weighted by Crippen LogP contribution is 1.92. The molecule has 0 fully saturated rings. The van der Waals surface area contributed by atoms with Crippen LogP contribution in [0.3, 0.4) is 0 Å². The highest BCUT2D eigenvalue weighted by atomic mass is 16.7. The van der Waals surface area contributed by atoms with Crippen molar-refractivity contribution in [3.8, 4) is 0 Å². The molecule has 5 nitrogen and oxygen atoms in total. The number of carbonyl (C=O) groups excluding carboxylic acids is 1. The van der Waals surface area contributed by atoms with E-state index in [4.69, 9.17) is 9.94 Å². The highest BCUT2D eigenvalue weighted by molar-refractivity contribution is 5.76. The number of aromatic nitrogens is 1. The van der Waals surface area contributed by atoms with Gasteiger partial charge in [-0.1, -0.05) is 0 Å². The molecule has 1 rings (SSSR count). The fraction of sp³-hybridized carbons (Fsp3) is 0.250. The molecule has 0 saturated carbocycles. The van der Waals surface area contributed by atoms with Crippen molar-refractivity contribution in [2.75, 3.05) is 0 Å².